The van der Waals surface area contributed by atoms with Crippen LogP contribution in [0, 0.1) is 13.7 Å². The second kappa shape index (κ2) is 4.67. The largest absolute Gasteiger partial charge is 0.298 e. The summed E-state index contributed by atoms with van der Waals surface area (Å²) in [6, 6.07) is 2.53. The molecule has 0 N–H and O–H groups in total. The molecule has 7 heteroatoms. The average Bonchev–Trinajstić information content (AvgIpc) is 2.16. The molecule has 0 saturated carbocycles. The molecule has 78 valence electrons. The van der Waals surface area contributed by atoms with Crippen LogP contribution < -0.4 is 0 Å². The van der Waals surface area contributed by atoms with E-state index in [0.717, 1.165) is 0 Å². The summed E-state index contributed by atoms with van der Waals surface area (Å²) >= 11 is 7.01. The fourth-order valence-electron chi connectivity index (χ4n) is 1.04. The lowest BCUT2D eigenvalue weighted by Crippen LogP contribution is -2.03. The molecule has 5 nitrogen and oxygen atoms in total. The van der Waals surface area contributed by atoms with Gasteiger partial charge in [-0.2, -0.15) is 0 Å². The summed E-state index contributed by atoms with van der Waals surface area (Å²) < 4.78 is 0.467. The van der Waals surface area contributed by atoms with Gasteiger partial charge in [-0.15, -0.1) is 0 Å². The monoisotopic (exact) mass is 339 g/mol. The van der Waals surface area contributed by atoms with E-state index in [1.54, 1.807) is 22.6 Å². The van der Waals surface area contributed by atoms with E-state index in [2.05, 4.69) is 0 Å². The molecule has 1 aromatic rings. The van der Waals surface area contributed by atoms with Crippen LogP contribution in [0.5, 0.6) is 0 Å². The third-order valence-electron chi connectivity index (χ3n) is 1.65. The molecule has 0 spiro atoms. The van der Waals surface area contributed by atoms with Crippen LogP contribution in [-0.4, -0.2) is 16.5 Å². The Morgan fingerprint density at radius 3 is 2.53 bits per heavy atom. The van der Waals surface area contributed by atoms with E-state index in [4.69, 9.17) is 11.6 Å². The standard InChI is InChI=1S/C8H3ClINO4/c9-8(13)5-1-4(10)2-7(11(14)15)6(5)3-12/h1-3H. The van der Waals surface area contributed by atoms with Crippen LogP contribution in [0.2, 0.25) is 0 Å². The van der Waals surface area contributed by atoms with Crippen LogP contribution in [0.1, 0.15) is 20.7 Å². The number of hydrogen-bond donors (Lipinski definition) is 0. The molecule has 0 aliphatic rings. The van der Waals surface area contributed by atoms with Crippen molar-refractivity contribution in [3.63, 3.8) is 0 Å². The Balaban J connectivity index is 3.59. The molecule has 0 fully saturated rings. The number of carbonyl (C=O) groups is 2. The number of nitro benzene ring substituents is 1. The van der Waals surface area contributed by atoms with Crippen molar-refractivity contribution in [2.24, 2.45) is 0 Å². The third-order valence-corrected chi connectivity index (χ3v) is 2.48. The maximum Gasteiger partial charge on any atom is 0.281 e. The van der Waals surface area contributed by atoms with Crippen LogP contribution in [0.15, 0.2) is 12.1 Å². The highest BCUT2D eigenvalue weighted by molar-refractivity contribution is 14.1. The van der Waals surface area contributed by atoms with Crippen molar-refractivity contribution in [1.29, 1.82) is 0 Å². The van der Waals surface area contributed by atoms with E-state index >= 15 is 0 Å². The number of hydrogen-bond acceptors (Lipinski definition) is 4. The van der Waals surface area contributed by atoms with E-state index in [-0.39, 0.29) is 17.4 Å². The SMILES string of the molecule is O=Cc1c(C(=O)Cl)cc(I)cc1[N+](=O)[O-]. The Labute approximate surface area is 103 Å². The van der Waals surface area contributed by atoms with Gasteiger partial charge in [-0.05, 0) is 40.3 Å². The highest BCUT2D eigenvalue weighted by Gasteiger charge is 2.21. The lowest BCUT2D eigenvalue weighted by atomic mass is 10.1. The number of aldehydes is 1. The van der Waals surface area contributed by atoms with Crippen molar-refractivity contribution in [2.45, 2.75) is 0 Å². The fourth-order valence-corrected chi connectivity index (χ4v) is 1.80. The Bertz CT molecular complexity index is 425. The molecule has 0 amide bonds. The van der Waals surface area contributed by atoms with Crippen molar-refractivity contribution in [1.82, 2.24) is 0 Å². The van der Waals surface area contributed by atoms with Gasteiger partial charge in [0.2, 0.25) is 0 Å². The maximum absolute atomic E-state index is 10.9. The van der Waals surface area contributed by atoms with Crippen LogP contribution in [0.25, 0.3) is 0 Å². The van der Waals surface area contributed by atoms with Crippen molar-refractivity contribution in [3.8, 4) is 0 Å². The highest BCUT2D eigenvalue weighted by atomic mass is 127. The van der Waals surface area contributed by atoms with Crippen molar-refractivity contribution in [3.05, 3.63) is 36.9 Å². The zero-order valence-corrected chi connectivity index (χ0v) is 9.98. The number of halogens is 2. The fraction of sp³-hybridized carbons (Fsp3) is 0. The molecule has 0 unspecified atom stereocenters. The molecule has 15 heavy (non-hydrogen) atoms. The zero-order valence-electron chi connectivity index (χ0n) is 7.07. The smallest absolute Gasteiger partial charge is 0.281 e. The van der Waals surface area contributed by atoms with E-state index in [9.17, 15) is 19.7 Å². The summed E-state index contributed by atoms with van der Waals surface area (Å²) in [6.45, 7) is 0. The minimum absolute atomic E-state index is 0.148. The molecule has 0 aliphatic heterocycles. The Morgan fingerprint density at radius 2 is 2.13 bits per heavy atom. The van der Waals surface area contributed by atoms with Crippen molar-refractivity contribution >= 4 is 51.4 Å². The minimum Gasteiger partial charge on any atom is -0.298 e. The highest BCUT2D eigenvalue weighted by Crippen LogP contribution is 2.25. The Hall–Kier alpha value is -1.02. The second-order valence-corrected chi connectivity index (χ2v) is 4.12. The summed E-state index contributed by atoms with van der Waals surface area (Å²) in [6.07, 6.45) is 0.254. The van der Waals surface area contributed by atoms with Gasteiger partial charge in [0.15, 0.2) is 6.29 Å². The van der Waals surface area contributed by atoms with Gasteiger partial charge >= 0.3 is 0 Å². The number of carbonyl (C=O) groups excluding carboxylic acids is 2. The Morgan fingerprint density at radius 1 is 1.53 bits per heavy atom. The van der Waals surface area contributed by atoms with Gasteiger partial charge in [0.25, 0.3) is 10.9 Å². The molecule has 0 aliphatic carbocycles. The molecular formula is C8H3ClINO4. The Kier molecular flexibility index (Phi) is 3.75. The average molecular weight is 339 g/mol. The van der Waals surface area contributed by atoms with Gasteiger partial charge in [-0.25, -0.2) is 0 Å². The first-order chi connectivity index (χ1) is 6.97. The molecule has 0 atom stereocenters. The van der Waals surface area contributed by atoms with E-state index < -0.39 is 15.9 Å². The number of nitrogens with zero attached hydrogens (tertiary/aromatic N) is 1. The number of benzene rings is 1. The van der Waals surface area contributed by atoms with E-state index in [1.165, 1.54) is 12.1 Å². The molecular weight excluding hydrogens is 336 g/mol. The quantitative estimate of drug-likeness (QED) is 0.278. The van der Waals surface area contributed by atoms with Crippen molar-refractivity contribution in [2.75, 3.05) is 0 Å². The van der Waals surface area contributed by atoms with Crippen LogP contribution in [0.4, 0.5) is 5.69 Å². The minimum atomic E-state index is -0.890. The van der Waals surface area contributed by atoms with E-state index in [1.807, 2.05) is 0 Å². The van der Waals surface area contributed by atoms with Gasteiger partial charge in [0, 0.05) is 9.64 Å². The van der Waals surface area contributed by atoms with Gasteiger partial charge < -0.3 is 0 Å². The van der Waals surface area contributed by atoms with Crippen LogP contribution >= 0.6 is 34.2 Å². The number of rotatable bonds is 3. The molecule has 0 aromatic heterocycles. The first kappa shape index (κ1) is 12.1. The summed E-state index contributed by atoms with van der Waals surface area (Å²) in [5.74, 6) is 0. The number of nitro groups is 1. The molecule has 0 bridgehead atoms. The summed E-state index contributed by atoms with van der Waals surface area (Å²) in [5, 5.41) is 9.71. The van der Waals surface area contributed by atoms with Gasteiger partial charge in [0.05, 0.1) is 10.5 Å². The normalized spacial score (nSPS) is 9.73. The second-order valence-electron chi connectivity index (χ2n) is 2.53. The molecule has 1 aromatic carbocycles. The predicted octanol–water partition coefficient (Wildman–Crippen LogP) is 2.39. The first-order valence-corrected chi connectivity index (χ1v) is 5.06. The summed E-state index contributed by atoms with van der Waals surface area (Å²) in [7, 11) is 0. The van der Waals surface area contributed by atoms with Crippen LogP contribution in [-0.2, 0) is 0 Å². The topological polar surface area (TPSA) is 77.3 Å². The zero-order chi connectivity index (χ0) is 11.6. The summed E-state index contributed by atoms with van der Waals surface area (Å²) in [4.78, 5) is 31.5. The molecule has 0 heterocycles. The molecule has 1 rings (SSSR count). The molecule has 0 radical (unpaired) electrons. The maximum atomic E-state index is 10.9. The lowest BCUT2D eigenvalue weighted by molar-refractivity contribution is -0.385. The molecule has 0 saturated heterocycles. The predicted molar refractivity (Wildman–Crippen MR) is 61.4 cm³/mol. The van der Waals surface area contributed by atoms with E-state index in [0.29, 0.717) is 3.57 Å². The summed E-state index contributed by atoms with van der Waals surface area (Å²) in [5.41, 5.74) is -0.855. The van der Waals surface area contributed by atoms with Gasteiger partial charge in [-0.3, -0.25) is 19.7 Å². The van der Waals surface area contributed by atoms with Gasteiger partial charge in [0.1, 0.15) is 5.56 Å². The third kappa shape index (κ3) is 2.51. The van der Waals surface area contributed by atoms with Crippen molar-refractivity contribution < 1.29 is 14.5 Å². The first-order valence-electron chi connectivity index (χ1n) is 3.60. The van der Waals surface area contributed by atoms with Gasteiger partial charge in [-0.1, -0.05) is 0 Å². The lowest BCUT2D eigenvalue weighted by Gasteiger charge is -2.01. The van der Waals surface area contributed by atoms with Crippen LogP contribution in [0.3, 0.4) is 0 Å².